The number of ether oxygens (including phenoxy) is 1. The normalized spacial score (nSPS) is 21.1. The molecule has 0 radical (unpaired) electrons. The molecule has 3 aromatic rings. The molecule has 2 N–H and O–H groups in total. The molecular weight excluding hydrogens is 450 g/mol. The molecule has 10 heteroatoms. The zero-order chi connectivity index (χ0) is 23.8. The van der Waals surface area contributed by atoms with Gasteiger partial charge in [-0.15, -0.1) is 0 Å². The molecule has 176 valence electrons. The monoisotopic (exact) mass is 476 g/mol. The maximum atomic E-state index is 15.0. The van der Waals surface area contributed by atoms with Crippen molar-refractivity contribution in [1.82, 2.24) is 9.97 Å². The molecule has 0 amide bonds. The lowest BCUT2D eigenvalue weighted by Gasteiger charge is -2.33. The minimum atomic E-state index is -2.47. The SMILES string of the molecule is CS(C)(=O)=Nc1cc(F)c2c(Nc3ccc(F)cc3O[C@H]3CC[C@@](C)(O)CC3)ncnc2c1. The van der Waals surface area contributed by atoms with Gasteiger partial charge in [0.15, 0.2) is 0 Å². The Morgan fingerprint density at radius 2 is 1.91 bits per heavy atom. The number of benzene rings is 2. The Kier molecular flexibility index (Phi) is 6.24. The second-order valence-corrected chi connectivity index (χ2v) is 11.4. The molecule has 4 rings (SSSR count). The fraction of sp³-hybridized carbons (Fsp3) is 0.391. The van der Waals surface area contributed by atoms with Crippen LogP contribution in [0.3, 0.4) is 0 Å². The zero-order valence-corrected chi connectivity index (χ0v) is 19.5. The van der Waals surface area contributed by atoms with Crippen LogP contribution in [0.5, 0.6) is 5.75 Å². The molecule has 1 aliphatic carbocycles. The van der Waals surface area contributed by atoms with E-state index in [9.17, 15) is 13.7 Å². The van der Waals surface area contributed by atoms with Gasteiger partial charge in [-0.2, -0.15) is 4.36 Å². The predicted octanol–water partition coefficient (Wildman–Crippen LogP) is 5.08. The highest BCUT2D eigenvalue weighted by atomic mass is 32.2. The quantitative estimate of drug-likeness (QED) is 0.533. The first-order valence-electron chi connectivity index (χ1n) is 10.6. The first-order valence-corrected chi connectivity index (χ1v) is 12.9. The lowest BCUT2D eigenvalue weighted by atomic mass is 9.85. The molecule has 0 atom stereocenters. The summed E-state index contributed by atoms with van der Waals surface area (Å²) in [4.78, 5) is 8.28. The van der Waals surface area contributed by atoms with Crippen LogP contribution in [0, 0.1) is 11.6 Å². The maximum Gasteiger partial charge on any atom is 0.146 e. The third-order valence-electron chi connectivity index (χ3n) is 5.50. The van der Waals surface area contributed by atoms with Gasteiger partial charge in [-0.25, -0.2) is 23.0 Å². The summed E-state index contributed by atoms with van der Waals surface area (Å²) < 4.78 is 51.1. The topological polar surface area (TPSA) is 96.7 Å². The summed E-state index contributed by atoms with van der Waals surface area (Å²) in [6.45, 7) is 1.80. The number of anilines is 2. The van der Waals surface area contributed by atoms with Crippen molar-refractivity contribution in [3.05, 3.63) is 48.3 Å². The van der Waals surface area contributed by atoms with E-state index in [1.807, 2.05) is 0 Å². The van der Waals surface area contributed by atoms with Crippen molar-refractivity contribution in [3.8, 4) is 5.75 Å². The average molecular weight is 477 g/mol. The van der Waals surface area contributed by atoms with Gasteiger partial charge in [0, 0.05) is 34.4 Å². The van der Waals surface area contributed by atoms with Crippen LogP contribution in [0.15, 0.2) is 41.0 Å². The molecule has 0 aliphatic heterocycles. The van der Waals surface area contributed by atoms with E-state index < -0.39 is 27.0 Å². The number of nitrogens with one attached hydrogen (secondary N) is 1. The van der Waals surface area contributed by atoms with E-state index in [-0.39, 0.29) is 34.3 Å². The van der Waals surface area contributed by atoms with Gasteiger partial charge in [0.2, 0.25) is 0 Å². The molecular formula is C23H26F2N4O3S. The second kappa shape index (κ2) is 8.83. The highest BCUT2D eigenvalue weighted by Crippen LogP contribution is 2.36. The van der Waals surface area contributed by atoms with Crippen LogP contribution < -0.4 is 10.1 Å². The number of halogens is 2. The molecule has 1 fully saturated rings. The van der Waals surface area contributed by atoms with E-state index in [0.717, 1.165) is 0 Å². The molecule has 33 heavy (non-hydrogen) atoms. The van der Waals surface area contributed by atoms with Crippen LogP contribution in [-0.2, 0) is 9.73 Å². The van der Waals surface area contributed by atoms with Crippen LogP contribution in [0.2, 0.25) is 0 Å². The number of aliphatic hydroxyl groups is 1. The van der Waals surface area contributed by atoms with E-state index in [1.54, 1.807) is 6.92 Å². The summed E-state index contributed by atoms with van der Waals surface area (Å²) in [5.74, 6) is -0.638. The summed E-state index contributed by atoms with van der Waals surface area (Å²) >= 11 is 0. The number of hydrogen-bond donors (Lipinski definition) is 2. The van der Waals surface area contributed by atoms with E-state index in [0.29, 0.717) is 31.4 Å². The third kappa shape index (κ3) is 5.75. The van der Waals surface area contributed by atoms with Gasteiger partial charge in [-0.05, 0) is 50.8 Å². The Labute approximate surface area is 191 Å². The minimum absolute atomic E-state index is 0.124. The summed E-state index contributed by atoms with van der Waals surface area (Å²) in [6, 6.07) is 6.76. The van der Waals surface area contributed by atoms with E-state index in [2.05, 4.69) is 19.6 Å². The Hall–Kier alpha value is -2.85. The van der Waals surface area contributed by atoms with E-state index >= 15 is 4.39 Å². The molecule has 0 unspecified atom stereocenters. The van der Waals surface area contributed by atoms with E-state index in [4.69, 9.17) is 4.74 Å². The fourth-order valence-electron chi connectivity index (χ4n) is 3.86. The van der Waals surface area contributed by atoms with Crippen LogP contribution in [0.25, 0.3) is 10.9 Å². The molecule has 0 bridgehead atoms. The second-order valence-electron chi connectivity index (χ2n) is 8.90. The van der Waals surface area contributed by atoms with Crippen molar-refractivity contribution >= 4 is 37.8 Å². The van der Waals surface area contributed by atoms with E-state index in [1.165, 1.54) is 49.2 Å². The van der Waals surface area contributed by atoms with Crippen molar-refractivity contribution in [2.24, 2.45) is 4.36 Å². The van der Waals surface area contributed by atoms with Crippen molar-refractivity contribution in [1.29, 1.82) is 0 Å². The number of hydrogen-bond acceptors (Lipinski definition) is 7. The molecule has 1 saturated carbocycles. The molecule has 0 spiro atoms. The fourth-order valence-corrected chi connectivity index (χ4v) is 4.48. The summed E-state index contributed by atoms with van der Waals surface area (Å²) in [6.07, 6.45) is 6.48. The van der Waals surface area contributed by atoms with Gasteiger partial charge in [-0.1, -0.05) is 0 Å². The lowest BCUT2D eigenvalue weighted by Crippen LogP contribution is -2.34. The molecule has 1 heterocycles. The molecule has 1 aliphatic rings. The summed E-state index contributed by atoms with van der Waals surface area (Å²) in [7, 11) is -2.47. The van der Waals surface area contributed by atoms with Crippen LogP contribution in [0.1, 0.15) is 32.6 Å². The Bertz CT molecular complexity index is 1300. The number of nitrogens with zero attached hydrogens (tertiary/aromatic N) is 3. The smallest absolute Gasteiger partial charge is 0.146 e. The third-order valence-corrected chi connectivity index (χ3v) is 6.15. The van der Waals surface area contributed by atoms with Crippen LogP contribution >= 0.6 is 0 Å². The Morgan fingerprint density at radius 3 is 2.61 bits per heavy atom. The first-order chi connectivity index (χ1) is 15.5. The first kappa shape index (κ1) is 23.3. The standard InChI is InChI=1S/C23H26F2N4O3S/c1-23(30)8-6-16(7-9-23)32-20-10-14(24)4-5-18(20)28-22-21-17(25)11-15(29-33(2,3)31)12-19(21)26-13-27-22/h4-5,10-13,16,30H,6-9H2,1-3H3,(H,26,27,28)/t16-,23+. The highest BCUT2D eigenvalue weighted by molar-refractivity contribution is 7.92. The Balaban J connectivity index is 1.67. The summed E-state index contributed by atoms with van der Waals surface area (Å²) in [5.41, 5.74) is 0.216. The average Bonchev–Trinajstić information content (AvgIpc) is 2.70. The van der Waals surface area contributed by atoms with Gasteiger partial charge in [0.1, 0.15) is 29.5 Å². The van der Waals surface area contributed by atoms with Gasteiger partial charge in [0.05, 0.1) is 34.0 Å². The van der Waals surface area contributed by atoms with Gasteiger partial charge in [0.25, 0.3) is 0 Å². The van der Waals surface area contributed by atoms with Crippen LogP contribution in [0.4, 0.5) is 26.0 Å². The maximum absolute atomic E-state index is 15.0. The Morgan fingerprint density at radius 1 is 1.18 bits per heavy atom. The highest BCUT2D eigenvalue weighted by Gasteiger charge is 2.30. The minimum Gasteiger partial charge on any atom is -0.488 e. The van der Waals surface area contributed by atoms with Gasteiger partial charge >= 0.3 is 0 Å². The molecule has 7 nitrogen and oxygen atoms in total. The summed E-state index contributed by atoms with van der Waals surface area (Å²) in [5, 5.41) is 13.3. The molecule has 1 aromatic heterocycles. The lowest BCUT2D eigenvalue weighted by molar-refractivity contribution is -0.0107. The van der Waals surface area contributed by atoms with Crippen molar-refractivity contribution in [2.45, 2.75) is 44.3 Å². The molecule has 2 aromatic carbocycles. The van der Waals surface area contributed by atoms with Gasteiger partial charge < -0.3 is 15.2 Å². The van der Waals surface area contributed by atoms with Crippen molar-refractivity contribution in [2.75, 3.05) is 17.8 Å². The van der Waals surface area contributed by atoms with Crippen molar-refractivity contribution in [3.63, 3.8) is 0 Å². The number of aromatic nitrogens is 2. The predicted molar refractivity (Wildman–Crippen MR) is 125 cm³/mol. The number of fused-ring (bicyclic) bond motifs is 1. The molecule has 0 saturated heterocycles. The largest absolute Gasteiger partial charge is 0.488 e. The van der Waals surface area contributed by atoms with Gasteiger partial charge in [-0.3, -0.25) is 0 Å². The number of rotatable bonds is 5. The van der Waals surface area contributed by atoms with Crippen molar-refractivity contribution < 1.29 is 22.8 Å². The van der Waals surface area contributed by atoms with Crippen LogP contribution in [-0.4, -0.2) is 43.5 Å². The zero-order valence-electron chi connectivity index (χ0n) is 18.6.